The first-order valence-electron chi connectivity index (χ1n) is 10.4. The Hall–Kier alpha value is -1.44. The average molecular weight is 408 g/mol. The lowest BCUT2D eigenvalue weighted by Gasteiger charge is -2.40. The zero-order valence-electron chi connectivity index (χ0n) is 17.2. The molecule has 2 aliphatic rings. The van der Waals surface area contributed by atoms with Gasteiger partial charge < -0.3 is 5.32 Å². The third kappa shape index (κ3) is 5.13. The molecule has 28 heavy (non-hydrogen) atoms. The Balaban J connectivity index is 1.48. The van der Waals surface area contributed by atoms with Crippen molar-refractivity contribution < 1.29 is 13.2 Å². The molecule has 3 rings (SSSR count). The average Bonchev–Trinajstić information content (AvgIpc) is 3.07. The van der Waals surface area contributed by atoms with E-state index in [0.29, 0.717) is 5.75 Å². The second kappa shape index (κ2) is 8.93. The van der Waals surface area contributed by atoms with Crippen molar-refractivity contribution in [3.8, 4) is 0 Å². The van der Waals surface area contributed by atoms with Gasteiger partial charge in [0.25, 0.3) is 0 Å². The van der Waals surface area contributed by atoms with E-state index in [9.17, 15) is 13.2 Å². The maximum absolute atomic E-state index is 12.7. The second-order valence-electron chi connectivity index (χ2n) is 8.13. The van der Waals surface area contributed by atoms with Gasteiger partial charge in [-0.05, 0) is 37.8 Å². The van der Waals surface area contributed by atoms with Crippen LogP contribution in [0.25, 0.3) is 0 Å². The quantitative estimate of drug-likeness (QED) is 0.776. The van der Waals surface area contributed by atoms with Crippen LogP contribution in [0.3, 0.4) is 0 Å². The molecule has 2 heterocycles. The highest BCUT2D eigenvalue weighted by Gasteiger charge is 2.35. The Labute approximate surface area is 169 Å². The Bertz CT molecular complexity index is 771. The normalized spacial score (nSPS) is 25.3. The fraction of sp³-hybridized carbons (Fsp3) is 0.667. The van der Waals surface area contributed by atoms with Gasteiger partial charge in [-0.2, -0.15) is 0 Å². The van der Waals surface area contributed by atoms with Gasteiger partial charge in [0.15, 0.2) is 9.84 Å². The van der Waals surface area contributed by atoms with Gasteiger partial charge in [0.1, 0.15) is 0 Å². The lowest BCUT2D eigenvalue weighted by atomic mass is 10.0. The molecule has 2 saturated heterocycles. The first-order valence-corrected chi connectivity index (χ1v) is 12.2. The van der Waals surface area contributed by atoms with Gasteiger partial charge in [-0.1, -0.05) is 31.2 Å². The smallest absolute Gasteiger partial charge is 0.237 e. The molecular weight excluding hydrogens is 374 g/mol. The maximum atomic E-state index is 12.7. The van der Waals surface area contributed by atoms with Gasteiger partial charge in [0, 0.05) is 32.2 Å². The highest BCUT2D eigenvalue weighted by atomic mass is 32.2. The van der Waals surface area contributed by atoms with Gasteiger partial charge >= 0.3 is 0 Å². The number of nitrogens with zero attached hydrogens (tertiary/aromatic N) is 2. The summed E-state index contributed by atoms with van der Waals surface area (Å²) in [4.78, 5) is 17.2. The van der Waals surface area contributed by atoms with Crippen LogP contribution in [0.1, 0.15) is 44.4 Å². The van der Waals surface area contributed by atoms with E-state index in [1.165, 1.54) is 5.56 Å². The first kappa shape index (κ1) is 21.3. The van der Waals surface area contributed by atoms with Gasteiger partial charge in [-0.15, -0.1) is 0 Å². The number of hydrogen-bond acceptors (Lipinski definition) is 5. The predicted molar refractivity (Wildman–Crippen MR) is 112 cm³/mol. The van der Waals surface area contributed by atoms with E-state index in [1.807, 2.05) is 13.8 Å². The second-order valence-corrected chi connectivity index (χ2v) is 10.4. The lowest BCUT2D eigenvalue weighted by Crippen LogP contribution is -2.56. The van der Waals surface area contributed by atoms with Crippen molar-refractivity contribution in [1.82, 2.24) is 15.1 Å². The number of hydrogen-bond donors (Lipinski definition) is 1. The third-order valence-corrected chi connectivity index (χ3v) is 8.00. The van der Waals surface area contributed by atoms with E-state index >= 15 is 0 Å². The van der Waals surface area contributed by atoms with Gasteiger partial charge in [0.05, 0.1) is 23.6 Å². The molecule has 1 aromatic rings. The van der Waals surface area contributed by atoms with Gasteiger partial charge in [0.2, 0.25) is 5.91 Å². The van der Waals surface area contributed by atoms with Crippen LogP contribution in [-0.4, -0.2) is 73.9 Å². The monoisotopic (exact) mass is 407 g/mol. The summed E-state index contributed by atoms with van der Waals surface area (Å²) in [6.45, 7) is 9.35. The number of carbonyl (C=O) groups is 1. The van der Waals surface area contributed by atoms with Gasteiger partial charge in [-0.3, -0.25) is 14.6 Å². The number of aryl methyl sites for hydroxylation is 1. The van der Waals surface area contributed by atoms with Crippen LogP contribution in [0.15, 0.2) is 24.3 Å². The Morgan fingerprint density at radius 3 is 2.32 bits per heavy atom. The van der Waals surface area contributed by atoms with E-state index in [2.05, 4.69) is 46.3 Å². The Kier molecular flexibility index (Phi) is 6.78. The minimum Gasteiger partial charge on any atom is -0.348 e. The summed E-state index contributed by atoms with van der Waals surface area (Å²) in [5.74, 6) is 0.648. The van der Waals surface area contributed by atoms with E-state index < -0.39 is 9.84 Å². The number of amides is 1. The van der Waals surface area contributed by atoms with E-state index in [-0.39, 0.29) is 29.8 Å². The molecule has 7 heteroatoms. The lowest BCUT2D eigenvalue weighted by molar-refractivity contribution is -0.127. The minimum absolute atomic E-state index is 0.0224. The predicted octanol–water partition coefficient (Wildman–Crippen LogP) is 1.62. The van der Waals surface area contributed by atoms with Crippen molar-refractivity contribution in [2.24, 2.45) is 0 Å². The molecular formula is C21H33N3O3S. The molecule has 2 fully saturated rings. The summed E-state index contributed by atoms with van der Waals surface area (Å²) in [7, 11) is -2.85. The highest BCUT2D eigenvalue weighted by molar-refractivity contribution is 7.91. The molecule has 2 aliphatic heterocycles. The molecule has 0 radical (unpaired) electrons. The molecule has 0 saturated carbocycles. The van der Waals surface area contributed by atoms with E-state index in [4.69, 9.17) is 0 Å². The summed E-state index contributed by atoms with van der Waals surface area (Å²) >= 11 is 0. The molecule has 3 unspecified atom stereocenters. The minimum atomic E-state index is -2.85. The molecule has 0 bridgehead atoms. The molecule has 156 valence electrons. The number of benzene rings is 1. The van der Waals surface area contributed by atoms with Crippen LogP contribution >= 0.6 is 0 Å². The standard InChI is InChI=1S/C21H33N3O3S/c1-4-18-5-7-19(8-6-18)16(2)22-21(25)17(3)23-10-12-24(13-11-23)20-9-14-28(26,27)15-20/h5-8,16-17,20H,4,9-15H2,1-3H3,(H,22,25). The molecule has 0 spiro atoms. The van der Waals surface area contributed by atoms with Crippen molar-refractivity contribution in [2.75, 3.05) is 37.7 Å². The molecule has 1 amide bonds. The number of nitrogens with one attached hydrogen (secondary N) is 1. The third-order valence-electron chi connectivity index (χ3n) is 6.25. The topological polar surface area (TPSA) is 69.7 Å². The molecule has 3 atom stereocenters. The molecule has 1 aromatic carbocycles. The van der Waals surface area contributed by atoms with Crippen molar-refractivity contribution in [3.05, 3.63) is 35.4 Å². The fourth-order valence-electron chi connectivity index (χ4n) is 4.18. The Morgan fingerprint density at radius 1 is 1.14 bits per heavy atom. The molecule has 0 aliphatic carbocycles. The van der Waals surface area contributed by atoms with Crippen LogP contribution in [0, 0.1) is 0 Å². The molecule has 0 aromatic heterocycles. The van der Waals surface area contributed by atoms with Crippen molar-refractivity contribution in [3.63, 3.8) is 0 Å². The molecule has 1 N–H and O–H groups in total. The zero-order valence-corrected chi connectivity index (χ0v) is 18.0. The van der Waals surface area contributed by atoms with Crippen LogP contribution in [0.5, 0.6) is 0 Å². The van der Waals surface area contributed by atoms with Gasteiger partial charge in [-0.25, -0.2) is 8.42 Å². The van der Waals surface area contributed by atoms with Crippen molar-refractivity contribution in [1.29, 1.82) is 0 Å². The molecule has 6 nitrogen and oxygen atoms in total. The summed E-state index contributed by atoms with van der Waals surface area (Å²) in [6, 6.07) is 8.35. The van der Waals surface area contributed by atoms with E-state index in [0.717, 1.165) is 44.6 Å². The van der Waals surface area contributed by atoms with Crippen molar-refractivity contribution in [2.45, 2.75) is 51.7 Å². The summed E-state index contributed by atoms with van der Waals surface area (Å²) < 4.78 is 23.4. The number of rotatable bonds is 6. The van der Waals surface area contributed by atoms with Crippen LogP contribution in [0.4, 0.5) is 0 Å². The first-order chi connectivity index (χ1) is 13.3. The number of sulfone groups is 1. The van der Waals surface area contributed by atoms with E-state index in [1.54, 1.807) is 0 Å². The maximum Gasteiger partial charge on any atom is 0.237 e. The van der Waals surface area contributed by atoms with Crippen molar-refractivity contribution >= 4 is 15.7 Å². The summed E-state index contributed by atoms with van der Waals surface area (Å²) in [6.07, 6.45) is 1.75. The summed E-state index contributed by atoms with van der Waals surface area (Å²) in [5, 5.41) is 3.13. The summed E-state index contributed by atoms with van der Waals surface area (Å²) in [5.41, 5.74) is 2.41. The highest BCUT2D eigenvalue weighted by Crippen LogP contribution is 2.20. The largest absolute Gasteiger partial charge is 0.348 e. The Morgan fingerprint density at radius 2 is 1.79 bits per heavy atom. The zero-order chi connectivity index (χ0) is 20.3. The fourth-order valence-corrected chi connectivity index (χ4v) is 5.94. The van der Waals surface area contributed by atoms with Crippen LogP contribution in [-0.2, 0) is 21.1 Å². The number of piperazine rings is 1. The number of carbonyl (C=O) groups excluding carboxylic acids is 1. The SMILES string of the molecule is CCc1ccc(C(C)NC(=O)C(C)N2CCN(C3CCS(=O)(=O)C3)CC2)cc1. The van der Waals surface area contributed by atoms with Crippen LogP contribution < -0.4 is 5.32 Å². The van der Waals surface area contributed by atoms with Crippen LogP contribution in [0.2, 0.25) is 0 Å².